The molecule has 0 aliphatic carbocycles. The van der Waals surface area contributed by atoms with Crippen molar-refractivity contribution in [2.24, 2.45) is 0 Å². The Morgan fingerprint density at radius 1 is 1.35 bits per heavy atom. The summed E-state index contributed by atoms with van der Waals surface area (Å²) in [5, 5.41) is 0. The zero-order valence-electron chi connectivity index (χ0n) is 13.4. The first-order chi connectivity index (χ1) is 10.9. The third-order valence-electron chi connectivity index (χ3n) is 3.74. The zero-order valence-corrected chi connectivity index (χ0v) is 14.3. The van der Waals surface area contributed by atoms with Crippen LogP contribution in [0.1, 0.15) is 31.7 Å². The molecule has 1 aromatic rings. The number of amides is 1. The molecule has 23 heavy (non-hydrogen) atoms. The average molecular weight is 341 g/mol. The normalized spacial score (nSPS) is 20.0. The summed E-state index contributed by atoms with van der Waals surface area (Å²) in [6.07, 6.45) is 2.14. The molecule has 0 unspecified atom stereocenters. The second kappa shape index (κ2) is 7.90. The summed E-state index contributed by atoms with van der Waals surface area (Å²) >= 11 is 0. The zero-order chi connectivity index (χ0) is 16.9. The number of benzene rings is 1. The summed E-state index contributed by atoms with van der Waals surface area (Å²) in [5.74, 6) is -0.679. The van der Waals surface area contributed by atoms with Crippen molar-refractivity contribution in [1.82, 2.24) is 4.72 Å². The van der Waals surface area contributed by atoms with E-state index in [0.717, 1.165) is 24.8 Å². The molecule has 1 aromatic carbocycles. The van der Waals surface area contributed by atoms with E-state index in [9.17, 15) is 13.2 Å². The number of carbonyl (C=O) groups is 1. The predicted molar refractivity (Wildman–Crippen MR) is 85.5 cm³/mol. The Hall–Kier alpha value is -1.44. The average Bonchev–Trinajstić information content (AvgIpc) is 2.53. The minimum Gasteiger partial charge on any atom is -0.376 e. The lowest BCUT2D eigenvalue weighted by molar-refractivity contribution is -0.133. The van der Waals surface area contributed by atoms with Crippen LogP contribution in [0.4, 0.5) is 0 Å². The maximum absolute atomic E-state index is 12.2. The van der Waals surface area contributed by atoms with Gasteiger partial charge in [-0.05, 0) is 45.2 Å². The summed E-state index contributed by atoms with van der Waals surface area (Å²) in [7, 11) is -3.88. The molecule has 6 nitrogen and oxygen atoms in total. The third-order valence-corrected chi connectivity index (χ3v) is 5.10. The SMILES string of the molecule is Cc1ccc(S(=O)(=O)NC(=O)[C@@H](C)OC[C@@H]2CCCCO2)cc1. The second-order valence-corrected chi connectivity index (χ2v) is 7.43. The molecule has 1 aliphatic rings. The number of hydrogen-bond donors (Lipinski definition) is 1. The van der Waals surface area contributed by atoms with Crippen LogP contribution in [-0.4, -0.2) is 39.7 Å². The van der Waals surface area contributed by atoms with Crippen LogP contribution in [0.15, 0.2) is 29.2 Å². The lowest BCUT2D eigenvalue weighted by Gasteiger charge is -2.23. The van der Waals surface area contributed by atoms with Crippen LogP contribution in [0.2, 0.25) is 0 Å². The minimum absolute atomic E-state index is 0.0206. The minimum atomic E-state index is -3.88. The van der Waals surface area contributed by atoms with Gasteiger partial charge in [0, 0.05) is 6.61 Å². The van der Waals surface area contributed by atoms with Gasteiger partial charge in [-0.15, -0.1) is 0 Å². The van der Waals surface area contributed by atoms with Crippen LogP contribution in [-0.2, 0) is 24.3 Å². The fourth-order valence-electron chi connectivity index (χ4n) is 2.26. The molecule has 0 radical (unpaired) electrons. The molecule has 0 spiro atoms. The third kappa shape index (κ3) is 5.30. The molecule has 128 valence electrons. The largest absolute Gasteiger partial charge is 0.376 e. The van der Waals surface area contributed by atoms with Crippen molar-refractivity contribution >= 4 is 15.9 Å². The lowest BCUT2D eigenvalue weighted by atomic mass is 10.1. The molecule has 2 rings (SSSR count). The van der Waals surface area contributed by atoms with E-state index in [1.807, 2.05) is 11.6 Å². The molecule has 0 aromatic heterocycles. The quantitative estimate of drug-likeness (QED) is 0.853. The lowest BCUT2D eigenvalue weighted by Crippen LogP contribution is -2.40. The Kier molecular flexibility index (Phi) is 6.15. The van der Waals surface area contributed by atoms with Crippen molar-refractivity contribution in [3.63, 3.8) is 0 Å². The molecule has 1 N–H and O–H groups in total. The first-order valence-corrected chi connectivity index (χ1v) is 9.23. The molecular weight excluding hydrogens is 318 g/mol. The number of sulfonamides is 1. The Morgan fingerprint density at radius 2 is 2.04 bits per heavy atom. The number of nitrogens with one attached hydrogen (secondary N) is 1. The molecule has 1 aliphatic heterocycles. The van der Waals surface area contributed by atoms with E-state index in [-0.39, 0.29) is 11.0 Å². The van der Waals surface area contributed by atoms with Crippen molar-refractivity contribution in [3.8, 4) is 0 Å². The van der Waals surface area contributed by atoms with Crippen molar-refractivity contribution in [1.29, 1.82) is 0 Å². The fourth-order valence-corrected chi connectivity index (χ4v) is 3.30. The fraction of sp³-hybridized carbons (Fsp3) is 0.562. The van der Waals surface area contributed by atoms with E-state index in [2.05, 4.69) is 0 Å². The van der Waals surface area contributed by atoms with Gasteiger partial charge in [0.25, 0.3) is 15.9 Å². The van der Waals surface area contributed by atoms with E-state index < -0.39 is 22.0 Å². The first kappa shape index (κ1) is 17.9. The number of hydrogen-bond acceptors (Lipinski definition) is 5. The van der Waals surface area contributed by atoms with Gasteiger partial charge in [-0.25, -0.2) is 13.1 Å². The maximum atomic E-state index is 12.2. The van der Waals surface area contributed by atoms with Crippen molar-refractivity contribution < 1.29 is 22.7 Å². The summed E-state index contributed by atoms with van der Waals surface area (Å²) in [5.41, 5.74) is 0.944. The van der Waals surface area contributed by atoms with Crippen LogP contribution in [0.25, 0.3) is 0 Å². The molecule has 0 bridgehead atoms. The summed E-state index contributed by atoms with van der Waals surface area (Å²) < 4.78 is 37.3. The molecule has 1 saturated heterocycles. The van der Waals surface area contributed by atoms with E-state index >= 15 is 0 Å². The highest BCUT2D eigenvalue weighted by Crippen LogP contribution is 2.14. The Morgan fingerprint density at radius 3 is 2.65 bits per heavy atom. The molecule has 1 fully saturated rings. The van der Waals surface area contributed by atoms with E-state index in [1.165, 1.54) is 19.1 Å². The highest BCUT2D eigenvalue weighted by atomic mass is 32.2. The van der Waals surface area contributed by atoms with Gasteiger partial charge in [-0.3, -0.25) is 4.79 Å². The van der Waals surface area contributed by atoms with E-state index in [4.69, 9.17) is 9.47 Å². The van der Waals surface area contributed by atoms with Gasteiger partial charge in [0.2, 0.25) is 0 Å². The standard InChI is InChI=1S/C16H23NO5S/c1-12-6-8-15(9-7-12)23(19,20)17-16(18)13(2)22-11-14-5-3-4-10-21-14/h6-9,13-14H,3-5,10-11H2,1-2H3,(H,17,18)/t13-,14+/m1/s1. The number of ether oxygens (including phenoxy) is 2. The van der Waals surface area contributed by atoms with Gasteiger partial charge >= 0.3 is 0 Å². The molecule has 0 saturated carbocycles. The van der Waals surface area contributed by atoms with Crippen molar-refractivity contribution in [2.45, 2.75) is 50.2 Å². The molecule has 1 amide bonds. The summed E-state index contributed by atoms with van der Waals surface area (Å²) in [6, 6.07) is 6.29. The van der Waals surface area contributed by atoms with Crippen molar-refractivity contribution in [2.75, 3.05) is 13.2 Å². The van der Waals surface area contributed by atoms with Gasteiger partial charge in [-0.1, -0.05) is 17.7 Å². The number of rotatable bonds is 6. The molecule has 1 heterocycles. The molecular formula is C16H23NO5S. The smallest absolute Gasteiger partial charge is 0.264 e. The monoisotopic (exact) mass is 341 g/mol. The highest BCUT2D eigenvalue weighted by Gasteiger charge is 2.23. The summed E-state index contributed by atoms with van der Waals surface area (Å²) in [6.45, 7) is 4.39. The van der Waals surface area contributed by atoms with Gasteiger partial charge in [0.1, 0.15) is 6.10 Å². The molecule has 7 heteroatoms. The van der Waals surface area contributed by atoms with Crippen LogP contribution in [0.3, 0.4) is 0 Å². The van der Waals surface area contributed by atoms with Crippen molar-refractivity contribution in [3.05, 3.63) is 29.8 Å². The van der Waals surface area contributed by atoms with E-state index in [1.54, 1.807) is 12.1 Å². The van der Waals surface area contributed by atoms with Gasteiger partial charge in [0.05, 0.1) is 17.6 Å². The Labute approximate surface area is 137 Å². The highest BCUT2D eigenvalue weighted by molar-refractivity contribution is 7.90. The Bertz CT molecular complexity index is 620. The number of aryl methyl sites for hydroxylation is 1. The van der Waals surface area contributed by atoms with Crippen LogP contribution >= 0.6 is 0 Å². The van der Waals surface area contributed by atoms with Gasteiger partial charge in [-0.2, -0.15) is 0 Å². The topological polar surface area (TPSA) is 81.7 Å². The van der Waals surface area contributed by atoms with Gasteiger partial charge in [0.15, 0.2) is 0 Å². The predicted octanol–water partition coefficient (Wildman–Crippen LogP) is 1.77. The Balaban J connectivity index is 1.87. The van der Waals surface area contributed by atoms with Crippen LogP contribution in [0, 0.1) is 6.92 Å². The molecule has 2 atom stereocenters. The van der Waals surface area contributed by atoms with Crippen LogP contribution < -0.4 is 4.72 Å². The van der Waals surface area contributed by atoms with Gasteiger partial charge < -0.3 is 9.47 Å². The maximum Gasteiger partial charge on any atom is 0.264 e. The first-order valence-electron chi connectivity index (χ1n) is 7.75. The van der Waals surface area contributed by atoms with E-state index in [0.29, 0.717) is 13.2 Å². The summed E-state index contributed by atoms with van der Waals surface area (Å²) in [4.78, 5) is 12.1. The van der Waals surface area contributed by atoms with Crippen LogP contribution in [0.5, 0.6) is 0 Å². The second-order valence-electron chi connectivity index (χ2n) is 5.75. The number of carbonyl (C=O) groups excluding carboxylic acids is 1.